The fourth-order valence-corrected chi connectivity index (χ4v) is 3.52. The van der Waals surface area contributed by atoms with Crippen molar-refractivity contribution in [1.29, 1.82) is 0 Å². The zero-order valence-electron chi connectivity index (χ0n) is 17.4. The van der Waals surface area contributed by atoms with Crippen molar-refractivity contribution in [2.45, 2.75) is 34.6 Å². The zero-order valence-corrected chi connectivity index (χ0v) is 17.4. The third-order valence-electron chi connectivity index (χ3n) is 5.11. The number of hydrogen-bond acceptors (Lipinski definition) is 3. The smallest absolute Gasteiger partial charge is 0.256 e. The minimum Gasteiger partial charge on any atom is -0.322 e. The van der Waals surface area contributed by atoms with Crippen molar-refractivity contribution in [2.24, 2.45) is 0 Å². The van der Waals surface area contributed by atoms with Crippen LogP contribution in [0.15, 0.2) is 48.5 Å². The Hall–Kier alpha value is -3.47. The Morgan fingerprint density at radius 2 is 1.59 bits per heavy atom. The highest BCUT2D eigenvalue weighted by atomic mass is 16.1. The van der Waals surface area contributed by atoms with Crippen molar-refractivity contribution < 1.29 is 4.79 Å². The van der Waals surface area contributed by atoms with E-state index in [-0.39, 0.29) is 5.91 Å². The Bertz CT molecular complexity index is 1240. The Kier molecular flexibility index (Phi) is 4.66. The van der Waals surface area contributed by atoms with Gasteiger partial charge in [0.15, 0.2) is 5.65 Å². The van der Waals surface area contributed by atoms with Gasteiger partial charge in [-0.3, -0.25) is 4.79 Å². The van der Waals surface area contributed by atoms with Gasteiger partial charge >= 0.3 is 0 Å². The number of nitrogens with one attached hydrogen (secondary N) is 1. The average Bonchev–Trinajstić information content (AvgIpc) is 3.01. The lowest BCUT2D eigenvalue weighted by Gasteiger charge is -2.11. The number of fused-ring (bicyclic) bond motifs is 1. The standard InChI is InChI=1S/C24H24N4O/c1-14-7-10-19(11-8-14)28-23-22(18(5)27-28)20(13-17(4)25-23)24(29)26-21-12-15(2)6-9-16(21)3/h6-13H,1-5H3,(H,26,29). The predicted molar refractivity (Wildman–Crippen MR) is 117 cm³/mol. The van der Waals surface area contributed by atoms with Gasteiger partial charge in [-0.15, -0.1) is 0 Å². The van der Waals surface area contributed by atoms with Crippen LogP contribution in [0.25, 0.3) is 16.7 Å². The summed E-state index contributed by atoms with van der Waals surface area (Å²) < 4.78 is 1.81. The van der Waals surface area contributed by atoms with Crippen LogP contribution in [0.5, 0.6) is 0 Å². The SMILES string of the molecule is Cc1ccc(-n2nc(C)c3c(C(=O)Nc4cc(C)ccc4C)cc(C)nc32)cc1. The summed E-state index contributed by atoms with van der Waals surface area (Å²) in [5.41, 5.74) is 7.88. The summed E-state index contributed by atoms with van der Waals surface area (Å²) in [7, 11) is 0. The predicted octanol–water partition coefficient (Wildman–Crippen LogP) is 5.21. The van der Waals surface area contributed by atoms with Gasteiger partial charge in [0, 0.05) is 11.4 Å². The lowest BCUT2D eigenvalue weighted by atomic mass is 10.1. The molecule has 0 unspecified atom stereocenters. The van der Waals surface area contributed by atoms with Gasteiger partial charge < -0.3 is 5.32 Å². The average molecular weight is 384 g/mol. The number of pyridine rings is 1. The molecule has 29 heavy (non-hydrogen) atoms. The number of aromatic nitrogens is 3. The van der Waals surface area contributed by atoms with Gasteiger partial charge in [-0.05, 0) is 70.0 Å². The zero-order chi connectivity index (χ0) is 20.7. The van der Waals surface area contributed by atoms with E-state index in [0.29, 0.717) is 11.2 Å². The third-order valence-corrected chi connectivity index (χ3v) is 5.11. The van der Waals surface area contributed by atoms with Crippen molar-refractivity contribution in [2.75, 3.05) is 5.32 Å². The van der Waals surface area contributed by atoms with Gasteiger partial charge in [0.1, 0.15) is 0 Å². The maximum absolute atomic E-state index is 13.2. The van der Waals surface area contributed by atoms with Gasteiger partial charge in [-0.1, -0.05) is 29.8 Å². The number of hydrogen-bond donors (Lipinski definition) is 1. The minimum absolute atomic E-state index is 0.152. The van der Waals surface area contributed by atoms with Crippen LogP contribution >= 0.6 is 0 Å². The molecule has 146 valence electrons. The van der Waals surface area contributed by atoms with Crippen LogP contribution in [-0.2, 0) is 0 Å². The molecule has 2 aromatic heterocycles. The number of amides is 1. The molecule has 1 N–H and O–H groups in total. The highest BCUT2D eigenvalue weighted by Gasteiger charge is 2.20. The molecular weight excluding hydrogens is 360 g/mol. The molecule has 0 saturated heterocycles. The maximum Gasteiger partial charge on any atom is 0.256 e. The highest BCUT2D eigenvalue weighted by Crippen LogP contribution is 2.26. The Balaban J connectivity index is 1.84. The van der Waals surface area contributed by atoms with E-state index in [2.05, 4.69) is 10.4 Å². The molecule has 4 rings (SSSR count). The first-order valence-electron chi connectivity index (χ1n) is 9.66. The Morgan fingerprint density at radius 3 is 2.31 bits per heavy atom. The van der Waals surface area contributed by atoms with Crippen LogP contribution in [0.4, 0.5) is 5.69 Å². The molecule has 0 fully saturated rings. The van der Waals surface area contributed by atoms with Crippen molar-refractivity contribution in [1.82, 2.24) is 14.8 Å². The Morgan fingerprint density at radius 1 is 0.897 bits per heavy atom. The molecule has 0 aliphatic rings. The molecule has 0 aliphatic carbocycles. The molecule has 5 nitrogen and oxygen atoms in total. The van der Waals surface area contributed by atoms with Gasteiger partial charge in [0.25, 0.3) is 5.91 Å². The molecule has 0 bridgehead atoms. The third kappa shape index (κ3) is 3.51. The monoisotopic (exact) mass is 384 g/mol. The summed E-state index contributed by atoms with van der Waals surface area (Å²) >= 11 is 0. The van der Waals surface area contributed by atoms with E-state index in [0.717, 1.165) is 39.3 Å². The molecule has 0 spiro atoms. The molecule has 5 heteroatoms. The summed E-state index contributed by atoms with van der Waals surface area (Å²) in [6.07, 6.45) is 0. The fraction of sp³-hybridized carbons (Fsp3) is 0.208. The van der Waals surface area contributed by atoms with Crippen LogP contribution in [0.1, 0.15) is 38.4 Å². The molecule has 2 heterocycles. The van der Waals surface area contributed by atoms with E-state index in [1.807, 2.05) is 87.8 Å². The largest absolute Gasteiger partial charge is 0.322 e. The van der Waals surface area contributed by atoms with Crippen LogP contribution < -0.4 is 5.32 Å². The number of anilines is 1. The number of aryl methyl sites for hydroxylation is 5. The van der Waals surface area contributed by atoms with Crippen LogP contribution in [-0.4, -0.2) is 20.7 Å². The van der Waals surface area contributed by atoms with Gasteiger partial charge in [0.2, 0.25) is 0 Å². The normalized spacial score (nSPS) is 11.1. The number of benzene rings is 2. The molecule has 0 atom stereocenters. The number of nitrogens with zero attached hydrogens (tertiary/aromatic N) is 3. The molecule has 1 amide bonds. The second kappa shape index (κ2) is 7.17. The summed E-state index contributed by atoms with van der Waals surface area (Å²) in [5.74, 6) is -0.152. The van der Waals surface area contributed by atoms with E-state index in [9.17, 15) is 4.79 Å². The van der Waals surface area contributed by atoms with E-state index < -0.39 is 0 Å². The van der Waals surface area contributed by atoms with Crippen molar-refractivity contribution in [3.63, 3.8) is 0 Å². The summed E-state index contributed by atoms with van der Waals surface area (Å²) in [6, 6.07) is 16.0. The topological polar surface area (TPSA) is 59.8 Å². The van der Waals surface area contributed by atoms with E-state index in [1.54, 1.807) is 0 Å². The molecule has 2 aromatic carbocycles. The van der Waals surface area contributed by atoms with Crippen LogP contribution in [0.2, 0.25) is 0 Å². The second-order valence-corrected chi connectivity index (χ2v) is 7.62. The number of rotatable bonds is 3. The van der Waals surface area contributed by atoms with Crippen LogP contribution in [0.3, 0.4) is 0 Å². The summed E-state index contributed by atoms with van der Waals surface area (Å²) in [5, 5.41) is 8.53. The van der Waals surface area contributed by atoms with Crippen molar-refractivity contribution in [3.05, 3.63) is 82.2 Å². The maximum atomic E-state index is 13.2. The number of carbonyl (C=O) groups is 1. The van der Waals surface area contributed by atoms with Crippen molar-refractivity contribution in [3.8, 4) is 5.69 Å². The van der Waals surface area contributed by atoms with Gasteiger partial charge in [-0.2, -0.15) is 5.10 Å². The first-order chi connectivity index (χ1) is 13.8. The summed E-state index contributed by atoms with van der Waals surface area (Å²) in [4.78, 5) is 17.9. The molecule has 0 radical (unpaired) electrons. The van der Waals surface area contributed by atoms with E-state index >= 15 is 0 Å². The quantitative estimate of drug-likeness (QED) is 0.527. The molecule has 0 aliphatic heterocycles. The lowest BCUT2D eigenvalue weighted by molar-refractivity contribution is 0.102. The van der Waals surface area contributed by atoms with Gasteiger partial charge in [-0.25, -0.2) is 9.67 Å². The van der Waals surface area contributed by atoms with E-state index in [1.165, 1.54) is 5.56 Å². The summed E-state index contributed by atoms with van der Waals surface area (Å²) in [6.45, 7) is 9.87. The number of carbonyl (C=O) groups excluding carboxylic acids is 1. The lowest BCUT2D eigenvalue weighted by Crippen LogP contribution is -2.14. The van der Waals surface area contributed by atoms with Gasteiger partial charge in [0.05, 0.1) is 22.3 Å². The molecule has 0 saturated carbocycles. The molecular formula is C24H24N4O. The molecule has 4 aromatic rings. The Labute approximate surface area is 170 Å². The fourth-order valence-electron chi connectivity index (χ4n) is 3.52. The van der Waals surface area contributed by atoms with E-state index in [4.69, 9.17) is 4.98 Å². The first-order valence-corrected chi connectivity index (χ1v) is 9.66. The van der Waals surface area contributed by atoms with Crippen molar-refractivity contribution >= 4 is 22.6 Å². The van der Waals surface area contributed by atoms with Crippen LogP contribution in [0, 0.1) is 34.6 Å². The minimum atomic E-state index is -0.152. The highest BCUT2D eigenvalue weighted by molar-refractivity contribution is 6.13. The first kappa shape index (κ1) is 18.9. The second-order valence-electron chi connectivity index (χ2n) is 7.62.